The summed E-state index contributed by atoms with van der Waals surface area (Å²) in [5.74, 6) is 1.11. The molecule has 1 unspecified atom stereocenters. The number of benzene rings is 1. The number of hydrogen-bond donors (Lipinski definition) is 3. The number of terminal acetylenes is 1. The zero-order valence-corrected chi connectivity index (χ0v) is 10.4. The molecule has 0 radical (unpaired) electrons. The molecular weight excluding hydrogens is 256 g/mol. The smallest absolute Gasteiger partial charge is 0.337 e. The molecule has 1 aromatic carbocycles. The van der Waals surface area contributed by atoms with Gasteiger partial charge in [-0.3, -0.25) is 0 Å². The predicted molar refractivity (Wildman–Crippen MR) is 66.7 cm³/mol. The molecule has 0 spiro atoms. The van der Waals surface area contributed by atoms with Crippen molar-refractivity contribution < 1.29 is 18.3 Å². The van der Waals surface area contributed by atoms with E-state index in [0.29, 0.717) is 0 Å². The summed E-state index contributed by atoms with van der Waals surface area (Å²) >= 11 is 0. The molecule has 0 aliphatic heterocycles. The van der Waals surface area contributed by atoms with Crippen molar-refractivity contribution in [3.05, 3.63) is 23.8 Å². The highest BCUT2D eigenvalue weighted by Gasteiger charge is 2.16. The van der Waals surface area contributed by atoms with E-state index in [-0.39, 0.29) is 22.2 Å². The second-order valence-electron chi connectivity index (χ2n) is 3.59. The van der Waals surface area contributed by atoms with Crippen molar-refractivity contribution in [2.24, 2.45) is 5.14 Å². The third-order valence-electron chi connectivity index (χ3n) is 2.17. The van der Waals surface area contributed by atoms with E-state index in [0.717, 1.165) is 6.07 Å². The Bertz CT molecular complexity index is 616. The second kappa shape index (κ2) is 5.08. The maximum Gasteiger partial charge on any atom is 0.337 e. The van der Waals surface area contributed by atoms with Crippen LogP contribution in [0, 0.1) is 12.3 Å². The van der Waals surface area contributed by atoms with E-state index >= 15 is 0 Å². The lowest BCUT2D eigenvalue weighted by Gasteiger charge is -2.12. The summed E-state index contributed by atoms with van der Waals surface area (Å²) < 4.78 is 22.3. The highest BCUT2D eigenvalue weighted by molar-refractivity contribution is 7.89. The monoisotopic (exact) mass is 268 g/mol. The molecule has 0 amide bonds. The second-order valence-corrected chi connectivity index (χ2v) is 5.15. The van der Waals surface area contributed by atoms with E-state index in [1.54, 1.807) is 6.92 Å². The van der Waals surface area contributed by atoms with Gasteiger partial charge in [0, 0.05) is 5.69 Å². The molecule has 7 heteroatoms. The fourth-order valence-electron chi connectivity index (χ4n) is 1.28. The van der Waals surface area contributed by atoms with Crippen LogP contribution >= 0.6 is 0 Å². The highest BCUT2D eigenvalue weighted by atomic mass is 32.2. The van der Waals surface area contributed by atoms with Crippen molar-refractivity contribution in [2.45, 2.75) is 17.9 Å². The highest BCUT2D eigenvalue weighted by Crippen LogP contribution is 2.20. The largest absolute Gasteiger partial charge is 0.478 e. The first-order valence-corrected chi connectivity index (χ1v) is 6.43. The van der Waals surface area contributed by atoms with Crippen LogP contribution in [0.3, 0.4) is 0 Å². The van der Waals surface area contributed by atoms with Gasteiger partial charge >= 0.3 is 5.97 Å². The van der Waals surface area contributed by atoms with Gasteiger partial charge in [-0.05, 0) is 25.1 Å². The van der Waals surface area contributed by atoms with Crippen LogP contribution in [0.5, 0.6) is 0 Å². The normalized spacial score (nSPS) is 12.5. The third-order valence-corrected chi connectivity index (χ3v) is 3.08. The maximum absolute atomic E-state index is 11.1. The van der Waals surface area contributed by atoms with E-state index < -0.39 is 16.0 Å². The van der Waals surface area contributed by atoms with Crippen molar-refractivity contribution in [3.8, 4) is 12.3 Å². The lowest BCUT2D eigenvalue weighted by molar-refractivity contribution is 0.0697. The Hall–Kier alpha value is -2.04. The van der Waals surface area contributed by atoms with Gasteiger partial charge in [0.05, 0.1) is 16.5 Å². The van der Waals surface area contributed by atoms with E-state index in [1.807, 2.05) is 0 Å². The summed E-state index contributed by atoms with van der Waals surface area (Å²) in [4.78, 5) is 10.8. The number of hydrogen-bond acceptors (Lipinski definition) is 4. The Morgan fingerprint density at radius 2 is 2.17 bits per heavy atom. The molecule has 0 saturated carbocycles. The minimum absolute atomic E-state index is 0.205. The Labute approximate surface area is 105 Å². The first-order valence-electron chi connectivity index (χ1n) is 4.88. The topological polar surface area (TPSA) is 109 Å². The summed E-state index contributed by atoms with van der Waals surface area (Å²) in [6.07, 6.45) is 5.17. The third kappa shape index (κ3) is 3.23. The summed E-state index contributed by atoms with van der Waals surface area (Å²) in [5.41, 5.74) is 0.0315. The molecular formula is C11H12N2O4S. The summed E-state index contributed by atoms with van der Waals surface area (Å²) in [7, 11) is -3.94. The lowest BCUT2D eigenvalue weighted by atomic mass is 10.1. The van der Waals surface area contributed by atoms with Crippen LogP contribution in [0.25, 0.3) is 0 Å². The number of aromatic carboxylic acids is 1. The quantitative estimate of drug-likeness (QED) is 0.687. The summed E-state index contributed by atoms with van der Waals surface area (Å²) in [6.45, 7) is 1.67. The Morgan fingerprint density at radius 3 is 2.61 bits per heavy atom. The molecule has 18 heavy (non-hydrogen) atoms. The number of nitrogens with one attached hydrogen (secondary N) is 1. The van der Waals surface area contributed by atoms with E-state index in [9.17, 15) is 13.2 Å². The molecule has 0 bridgehead atoms. The molecule has 1 atom stereocenters. The maximum atomic E-state index is 11.1. The van der Waals surface area contributed by atoms with Crippen molar-refractivity contribution in [3.63, 3.8) is 0 Å². The molecule has 0 heterocycles. The Morgan fingerprint density at radius 1 is 1.56 bits per heavy atom. The van der Waals surface area contributed by atoms with Crippen LogP contribution in [0.15, 0.2) is 23.1 Å². The van der Waals surface area contributed by atoms with Crippen LogP contribution in [-0.4, -0.2) is 25.5 Å². The molecule has 0 fully saturated rings. The van der Waals surface area contributed by atoms with Gasteiger partial charge < -0.3 is 10.4 Å². The minimum Gasteiger partial charge on any atom is -0.478 e. The molecule has 0 aliphatic rings. The molecule has 96 valence electrons. The van der Waals surface area contributed by atoms with Crippen LogP contribution in [0.2, 0.25) is 0 Å². The first-order chi connectivity index (χ1) is 8.25. The van der Waals surface area contributed by atoms with Crippen LogP contribution in [0.1, 0.15) is 17.3 Å². The van der Waals surface area contributed by atoms with Gasteiger partial charge in [0.2, 0.25) is 10.0 Å². The average molecular weight is 268 g/mol. The van der Waals surface area contributed by atoms with Gasteiger partial charge in [-0.2, -0.15) is 0 Å². The standard InChI is InChI=1S/C11H12N2O4S/c1-3-7(2)13-10-5-4-8(18(12,16)17)6-9(10)11(14)15/h1,4-7,13H,2H3,(H,14,15)(H2,12,16,17). The van der Waals surface area contributed by atoms with Gasteiger partial charge in [0.25, 0.3) is 0 Å². The van der Waals surface area contributed by atoms with Gasteiger partial charge in [-0.25, -0.2) is 18.4 Å². The minimum atomic E-state index is -3.94. The van der Waals surface area contributed by atoms with Crippen LogP contribution in [-0.2, 0) is 10.0 Å². The van der Waals surface area contributed by atoms with Crippen molar-refractivity contribution in [2.75, 3.05) is 5.32 Å². The number of nitrogens with two attached hydrogens (primary N) is 1. The van der Waals surface area contributed by atoms with E-state index in [1.165, 1.54) is 12.1 Å². The van der Waals surface area contributed by atoms with Crippen molar-refractivity contribution >= 4 is 21.7 Å². The molecule has 1 rings (SSSR count). The Kier molecular flexibility index (Phi) is 3.96. The van der Waals surface area contributed by atoms with Crippen LogP contribution in [0.4, 0.5) is 5.69 Å². The van der Waals surface area contributed by atoms with Gasteiger partial charge in [0.15, 0.2) is 0 Å². The molecule has 4 N–H and O–H groups in total. The Balaban J connectivity index is 3.31. The molecule has 0 aliphatic carbocycles. The van der Waals surface area contributed by atoms with Gasteiger partial charge in [-0.15, -0.1) is 6.42 Å². The van der Waals surface area contributed by atoms with Crippen molar-refractivity contribution in [1.29, 1.82) is 0 Å². The number of carbonyl (C=O) groups is 1. The van der Waals surface area contributed by atoms with Crippen LogP contribution < -0.4 is 10.5 Å². The first kappa shape index (κ1) is 14.0. The molecule has 6 nitrogen and oxygen atoms in total. The summed E-state index contributed by atoms with van der Waals surface area (Å²) in [6, 6.07) is 3.14. The van der Waals surface area contributed by atoms with Gasteiger partial charge in [-0.1, -0.05) is 5.92 Å². The molecule has 0 aromatic heterocycles. The number of sulfonamides is 1. The SMILES string of the molecule is C#CC(C)Nc1ccc(S(N)(=O)=O)cc1C(=O)O. The number of carboxylic acids is 1. The zero-order valence-electron chi connectivity index (χ0n) is 9.54. The molecule has 1 aromatic rings. The molecule has 0 saturated heterocycles. The van der Waals surface area contributed by atoms with E-state index in [4.69, 9.17) is 16.7 Å². The predicted octanol–water partition coefficient (Wildman–Crippen LogP) is 0.466. The number of carboxylic acid groups (broad SMARTS) is 1. The summed E-state index contributed by atoms with van der Waals surface area (Å²) in [5, 5.41) is 16.7. The number of anilines is 1. The lowest BCUT2D eigenvalue weighted by Crippen LogP contribution is -2.17. The van der Waals surface area contributed by atoms with Gasteiger partial charge in [0.1, 0.15) is 0 Å². The fourth-order valence-corrected chi connectivity index (χ4v) is 1.82. The average Bonchev–Trinajstić information content (AvgIpc) is 2.27. The van der Waals surface area contributed by atoms with Crippen molar-refractivity contribution in [1.82, 2.24) is 0 Å². The number of primary sulfonamides is 1. The number of rotatable bonds is 4. The fraction of sp³-hybridized carbons (Fsp3) is 0.182. The van der Waals surface area contributed by atoms with E-state index in [2.05, 4.69) is 11.2 Å². The zero-order chi connectivity index (χ0) is 13.9.